The maximum atomic E-state index is 13.1. The molecule has 0 radical (unpaired) electrons. The van der Waals surface area contributed by atoms with Gasteiger partial charge in [0.15, 0.2) is 0 Å². The fourth-order valence-electron chi connectivity index (χ4n) is 5.87. The SMILES string of the molecule is Cc1cccc(C)c1OC(=O)[C@H](C)[C@H](O)[C@@H](C)C[C@@H](OS(C)(=O)=O)[C@H](C)O[Si](c1ccccc1)(c1ccccc1)C(C)(C)C. The summed E-state index contributed by atoms with van der Waals surface area (Å²) in [4.78, 5) is 13.1. The minimum absolute atomic E-state index is 0.134. The Bertz CT molecular complexity index is 1430. The zero-order valence-electron chi connectivity index (χ0n) is 27.4. The van der Waals surface area contributed by atoms with Gasteiger partial charge >= 0.3 is 5.97 Å². The van der Waals surface area contributed by atoms with Gasteiger partial charge in [0.05, 0.1) is 24.4 Å². The molecule has 240 valence electrons. The minimum atomic E-state index is -3.88. The number of rotatable bonds is 13. The van der Waals surface area contributed by atoms with Gasteiger partial charge in [-0.25, -0.2) is 0 Å². The molecule has 7 nitrogen and oxygen atoms in total. The molecule has 0 aromatic heterocycles. The Labute approximate surface area is 264 Å². The van der Waals surface area contributed by atoms with Crippen molar-refractivity contribution in [2.75, 3.05) is 6.26 Å². The van der Waals surface area contributed by atoms with E-state index >= 15 is 0 Å². The van der Waals surface area contributed by atoms with Crippen molar-refractivity contribution < 1.29 is 31.7 Å². The van der Waals surface area contributed by atoms with E-state index in [-0.39, 0.29) is 11.5 Å². The van der Waals surface area contributed by atoms with Crippen LogP contribution in [0, 0.1) is 25.7 Å². The van der Waals surface area contributed by atoms with Crippen molar-refractivity contribution in [3.63, 3.8) is 0 Å². The monoisotopic (exact) mass is 640 g/mol. The van der Waals surface area contributed by atoms with Crippen LogP contribution in [0.25, 0.3) is 0 Å². The van der Waals surface area contributed by atoms with Gasteiger partial charge in [0.25, 0.3) is 18.4 Å². The Balaban J connectivity index is 1.93. The van der Waals surface area contributed by atoms with E-state index in [0.29, 0.717) is 5.75 Å². The number of benzene rings is 3. The van der Waals surface area contributed by atoms with E-state index in [1.54, 1.807) is 13.8 Å². The molecular formula is C35H48O7SSi. The lowest BCUT2D eigenvalue weighted by Crippen LogP contribution is -2.68. The number of aliphatic hydroxyl groups is 1. The number of ether oxygens (including phenoxy) is 1. The summed E-state index contributed by atoms with van der Waals surface area (Å²) >= 11 is 0. The number of carbonyl (C=O) groups excluding carboxylic acids is 1. The van der Waals surface area contributed by atoms with Crippen molar-refractivity contribution in [1.82, 2.24) is 0 Å². The molecule has 0 aliphatic rings. The van der Waals surface area contributed by atoms with Crippen molar-refractivity contribution in [2.45, 2.75) is 85.2 Å². The second-order valence-electron chi connectivity index (χ2n) is 13.0. The highest BCUT2D eigenvalue weighted by Crippen LogP contribution is 2.38. The lowest BCUT2D eigenvalue weighted by Gasteiger charge is -2.46. The third-order valence-electron chi connectivity index (χ3n) is 8.28. The van der Waals surface area contributed by atoms with Crippen LogP contribution in [-0.4, -0.2) is 52.4 Å². The van der Waals surface area contributed by atoms with Crippen LogP contribution in [0.4, 0.5) is 0 Å². The van der Waals surface area contributed by atoms with E-state index in [0.717, 1.165) is 27.8 Å². The van der Waals surface area contributed by atoms with E-state index in [1.165, 1.54) is 0 Å². The van der Waals surface area contributed by atoms with Crippen LogP contribution >= 0.6 is 0 Å². The first kappa shape index (κ1) is 35.7. The minimum Gasteiger partial charge on any atom is -0.426 e. The molecule has 0 amide bonds. The Morgan fingerprint density at radius 2 is 1.32 bits per heavy atom. The molecule has 0 saturated carbocycles. The van der Waals surface area contributed by atoms with E-state index in [1.807, 2.05) is 75.4 Å². The Morgan fingerprint density at radius 1 is 0.841 bits per heavy atom. The van der Waals surface area contributed by atoms with Crippen LogP contribution in [0.2, 0.25) is 5.04 Å². The highest BCUT2D eigenvalue weighted by atomic mass is 32.2. The molecule has 5 atom stereocenters. The molecule has 0 unspecified atom stereocenters. The predicted octanol–water partition coefficient (Wildman–Crippen LogP) is 5.54. The summed E-state index contributed by atoms with van der Waals surface area (Å²) in [6.07, 6.45) is -1.56. The number of aliphatic hydroxyl groups excluding tert-OH is 1. The number of hydrogen-bond donors (Lipinski definition) is 1. The highest BCUT2D eigenvalue weighted by Gasteiger charge is 2.52. The van der Waals surface area contributed by atoms with Crippen molar-refractivity contribution in [1.29, 1.82) is 0 Å². The second kappa shape index (κ2) is 14.5. The number of esters is 1. The predicted molar refractivity (Wildman–Crippen MR) is 178 cm³/mol. The van der Waals surface area contributed by atoms with Gasteiger partial charge in [-0.15, -0.1) is 0 Å². The number of aryl methyl sites for hydroxylation is 2. The van der Waals surface area contributed by atoms with E-state index in [4.69, 9.17) is 13.3 Å². The van der Waals surface area contributed by atoms with Crippen molar-refractivity contribution in [2.24, 2.45) is 11.8 Å². The topological polar surface area (TPSA) is 99.1 Å². The fourth-order valence-corrected chi connectivity index (χ4v) is 11.3. The number of carbonyl (C=O) groups is 1. The molecule has 0 heterocycles. The Hall–Kier alpha value is -2.82. The molecule has 9 heteroatoms. The molecule has 0 aliphatic carbocycles. The van der Waals surface area contributed by atoms with Crippen LogP contribution in [0.5, 0.6) is 5.75 Å². The molecule has 0 saturated heterocycles. The summed E-state index contributed by atoms with van der Waals surface area (Å²) in [6, 6.07) is 25.8. The highest BCUT2D eigenvalue weighted by molar-refractivity contribution is 7.86. The standard InChI is InChI=1S/C35H48O7SSi/c1-24-17-16-18-25(2)33(24)40-34(37)27(4)32(36)26(3)23-31(41-43(9,38)39)28(5)42-44(35(6,7)8,29-19-12-10-13-20-29)30-21-14-11-15-22-30/h10-22,26-28,31-32,36H,23H2,1-9H3/t26-,27+,28-,31+,32+/m0/s1. The lowest BCUT2D eigenvalue weighted by molar-refractivity contribution is -0.143. The molecule has 0 aliphatic heterocycles. The first-order chi connectivity index (χ1) is 20.5. The number of para-hydroxylation sites is 1. The van der Waals surface area contributed by atoms with Crippen LogP contribution in [0.1, 0.15) is 59.1 Å². The van der Waals surface area contributed by atoms with E-state index < -0.39 is 54.6 Å². The quantitative estimate of drug-likeness (QED) is 0.113. The average molecular weight is 641 g/mol. The molecule has 3 aromatic rings. The summed E-state index contributed by atoms with van der Waals surface area (Å²) < 4.78 is 43.5. The average Bonchev–Trinajstić information content (AvgIpc) is 2.96. The van der Waals surface area contributed by atoms with E-state index in [2.05, 4.69) is 45.0 Å². The second-order valence-corrected chi connectivity index (χ2v) is 18.8. The molecule has 0 fully saturated rings. The summed E-state index contributed by atoms with van der Waals surface area (Å²) in [5, 5.41) is 13.1. The zero-order chi connectivity index (χ0) is 32.9. The van der Waals surface area contributed by atoms with E-state index in [9.17, 15) is 18.3 Å². The molecule has 1 N–H and O–H groups in total. The van der Waals surface area contributed by atoms with Gasteiger partial charge in [0.2, 0.25) is 0 Å². The molecular weight excluding hydrogens is 593 g/mol. The first-order valence-electron chi connectivity index (χ1n) is 15.1. The third kappa shape index (κ3) is 8.46. The largest absolute Gasteiger partial charge is 0.426 e. The summed E-state index contributed by atoms with van der Waals surface area (Å²) in [7, 11) is -6.92. The van der Waals surface area contributed by atoms with Crippen LogP contribution in [0.3, 0.4) is 0 Å². The fraction of sp³-hybridized carbons (Fsp3) is 0.457. The van der Waals surface area contributed by atoms with Gasteiger partial charge in [-0.2, -0.15) is 8.42 Å². The van der Waals surface area contributed by atoms with Gasteiger partial charge in [-0.1, -0.05) is 107 Å². The normalized spacial score (nSPS) is 16.0. The third-order valence-corrected chi connectivity index (χ3v) is 14.0. The lowest BCUT2D eigenvalue weighted by atomic mass is 9.88. The van der Waals surface area contributed by atoms with Crippen molar-refractivity contribution in [3.05, 3.63) is 90.0 Å². The van der Waals surface area contributed by atoms with Crippen molar-refractivity contribution in [3.8, 4) is 5.75 Å². The maximum absolute atomic E-state index is 13.1. The van der Waals surface area contributed by atoms with Crippen LogP contribution < -0.4 is 15.1 Å². The van der Waals surface area contributed by atoms with Crippen LogP contribution in [0.15, 0.2) is 78.9 Å². The van der Waals surface area contributed by atoms with Gasteiger partial charge < -0.3 is 14.3 Å². The smallest absolute Gasteiger partial charge is 0.316 e. The molecule has 0 bridgehead atoms. The molecule has 44 heavy (non-hydrogen) atoms. The zero-order valence-corrected chi connectivity index (χ0v) is 29.2. The summed E-state index contributed by atoms with van der Waals surface area (Å²) in [5.74, 6) is -1.46. The van der Waals surface area contributed by atoms with Crippen molar-refractivity contribution >= 4 is 34.8 Å². The van der Waals surface area contributed by atoms with Gasteiger partial charge in [-0.05, 0) is 66.6 Å². The summed E-state index contributed by atoms with van der Waals surface area (Å²) in [6.45, 7) is 15.4. The Kier molecular flexibility index (Phi) is 11.8. The number of hydrogen-bond acceptors (Lipinski definition) is 7. The van der Waals surface area contributed by atoms with Gasteiger partial charge in [0.1, 0.15) is 11.9 Å². The Morgan fingerprint density at radius 3 is 1.75 bits per heavy atom. The molecule has 3 aromatic carbocycles. The first-order valence-corrected chi connectivity index (χ1v) is 18.8. The van der Waals surface area contributed by atoms with Crippen LogP contribution in [-0.2, 0) is 23.5 Å². The maximum Gasteiger partial charge on any atom is 0.316 e. The van der Waals surface area contributed by atoms with Gasteiger partial charge in [0, 0.05) is 0 Å². The summed E-state index contributed by atoms with van der Waals surface area (Å²) in [5.41, 5.74) is 1.65. The van der Waals surface area contributed by atoms with Gasteiger partial charge in [-0.3, -0.25) is 8.98 Å². The molecule has 0 spiro atoms. The molecule has 3 rings (SSSR count).